The number of nitrogens with two attached hydrogens (primary N) is 1. The minimum atomic E-state index is -0.932. The Balaban J connectivity index is 2.15. The van der Waals surface area contributed by atoms with E-state index in [1.807, 2.05) is 0 Å². The number of nitro benzene ring substituents is 1. The molecule has 0 bridgehead atoms. The van der Waals surface area contributed by atoms with Gasteiger partial charge in [0, 0.05) is 12.1 Å². The summed E-state index contributed by atoms with van der Waals surface area (Å²) in [5, 5.41) is 10.9. The highest BCUT2D eigenvalue weighted by molar-refractivity contribution is 5.98. The second kappa shape index (κ2) is 11.5. The monoisotopic (exact) mass is 500 g/mol. The fourth-order valence-electron chi connectivity index (χ4n) is 2.79. The highest BCUT2D eigenvalue weighted by Gasteiger charge is 2.26. The molecule has 2 aromatic carbocycles. The lowest BCUT2D eigenvalue weighted by atomic mass is 10.2. The standard InChI is InChI=1S/C25H32N4O7/c1-24(2,3)35-22(30)27-21(26)28(23(31)36-25(4,5)6)15-17-10-12-20(13-11-17)34-16-18-8-7-9-19(14-18)29(32)33/h7-14H,15-16H2,1-6H3,(H2,26,27,30). The Labute approximate surface area is 210 Å². The molecule has 2 rings (SSSR count). The molecule has 0 aliphatic rings. The summed E-state index contributed by atoms with van der Waals surface area (Å²) < 4.78 is 16.3. The van der Waals surface area contributed by atoms with E-state index in [0.29, 0.717) is 16.9 Å². The van der Waals surface area contributed by atoms with E-state index in [4.69, 9.17) is 19.9 Å². The predicted octanol–water partition coefficient (Wildman–Crippen LogP) is 5.16. The molecule has 2 aromatic rings. The van der Waals surface area contributed by atoms with Crippen LogP contribution in [0.1, 0.15) is 52.7 Å². The number of aliphatic imine (C=N–C) groups is 1. The molecule has 2 amide bonds. The number of nitrogens with zero attached hydrogens (tertiary/aromatic N) is 3. The number of guanidine groups is 1. The molecule has 0 aromatic heterocycles. The number of hydrogen-bond donors (Lipinski definition) is 1. The molecule has 0 heterocycles. The van der Waals surface area contributed by atoms with Crippen LogP contribution in [0.2, 0.25) is 0 Å². The van der Waals surface area contributed by atoms with Crippen molar-refractivity contribution in [3.8, 4) is 5.75 Å². The molecule has 36 heavy (non-hydrogen) atoms. The van der Waals surface area contributed by atoms with Gasteiger partial charge in [0.2, 0.25) is 5.96 Å². The summed E-state index contributed by atoms with van der Waals surface area (Å²) in [6.45, 7) is 10.3. The zero-order valence-electron chi connectivity index (χ0n) is 21.3. The van der Waals surface area contributed by atoms with E-state index in [0.717, 1.165) is 4.90 Å². The minimum absolute atomic E-state index is 0.0145. The first-order valence-corrected chi connectivity index (χ1v) is 11.2. The first-order chi connectivity index (χ1) is 16.6. The van der Waals surface area contributed by atoms with E-state index >= 15 is 0 Å². The lowest BCUT2D eigenvalue weighted by Crippen LogP contribution is -2.44. The Hall–Kier alpha value is -4.15. The average Bonchev–Trinajstić information content (AvgIpc) is 2.74. The topological polar surface area (TPSA) is 147 Å². The number of hydrogen-bond acceptors (Lipinski definition) is 7. The van der Waals surface area contributed by atoms with Crippen LogP contribution in [0.3, 0.4) is 0 Å². The molecule has 0 atom stereocenters. The van der Waals surface area contributed by atoms with Crippen molar-refractivity contribution in [3.63, 3.8) is 0 Å². The second-order valence-corrected chi connectivity index (χ2v) is 9.88. The van der Waals surface area contributed by atoms with Gasteiger partial charge < -0.3 is 19.9 Å². The van der Waals surface area contributed by atoms with Crippen LogP contribution in [0.5, 0.6) is 5.75 Å². The van der Waals surface area contributed by atoms with Gasteiger partial charge in [-0.25, -0.2) is 14.5 Å². The van der Waals surface area contributed by atoms with Crippen molar-refractivity contribution >= 4 is 23.8 Å². The van der Waals surface area contributed by atoms with Crippen molar-refractivity contribution < 1.29 is 28.7 Å². The molecule has 0 saturated carbocycles. The molecule has 0 spiro atoms. The molecule has 0 aliphatic carbocycles. The van der Waals surface area contributed by atoms with Crippen LogP contribution in [-0.2, 0) is 22.6 Å². The number of carbonyl (C=O) groups is 2. The molecule has 0 unspecified atom stereocenters. The number of nitro groups is 1. The highest BCUT2D eigenvalue weighted by atomic mass is 16.6. The molecule has 0 fully saturated rings. The Kier molecular flexibility index (Phi) is 8.99. The maximum Gasteiger partial charge on any atom is 0.437 e. The number of rotatable bonds is 6. The Morgan fingerprint density at radius 1 is 0.972 bits per heavy atom. The minimum Gasteiger partial charge on any atom is -0.489 e. The van der Waals surface area contributed by atoms with E-state index in [1.165, 1.54) is 12.1 Å². The van der Waals surface area contributed by atoms with Crippen molar-refractivity contribution in [2.24, 2.45) is 10.7 Å². The fourth-order valence-corrected chi connectivity index (χ4v) is 2.79. The van der Waals surface area contributed by atoms with Gasteiger partial charge >= 0.3 is 12.2 Å². The van der Waals surface area contributed by atoms with Crippen molar-refractivity contribution in [1.82, 2.24) is 4.90 Å². The van der Waals surface area contributed by atoms with Crippen molar-refractivity contribution in [1.29, 1.82) is 0 Å². The Morgan fingerprint density at radius 2 is 1.58 bits per heavy atom. The number of amides is 2. The Morgan fingerprint density at radius 3 is 2.14 bits per heavy atom. The van der Waals surface area contributed by atoms with Gasteiger partial charge in [-0.15, -0.1) is 4.99 Å². The van der Waals surface area contributed by atoms with Gasteiger partial charge in [0.25, 0.3) is 5.69 Å². The zero-order chi connectivity index (χ0) is 27.1. The third-order valence-corrected chi connectivity index (χ3v) is 4.28. The lowest BCUT2D eigenvalue weighted by Gasteiger charge is -2.27. The van der Waals surface area contributed by atoms with Gasteiger partial charge in [0.15, 0.2) is 0 Å². The van der Waals surface area contributed by atoms with E-state index < -0.39 is 28.3 Å². The molecule has 2 N–H and O–H groups in total. The summed E-state index contributed by atoms with van der Waals surface area (Å²) in [6.07, 6.45) is -1.71. The molecule has 0 radical (unpaired) electrons. The van der Waals surface area contributed by atoms with Crippen LogP contribution in [0, 0.1) is 10.1 Å². The SMILES string of the molecule is CC(C)(C)OC(=O)/N=C(\N)N(Cc1ccc(OCc2cccc([N+](=O)[O-])c2)cc1)C(=O)OC(C)(C)C. The van der Waals surface area contributed by atoms with Gasteiger partial charge in [-0.05, 0) is 64.8 Å². The maximum atomic E-state index is 12.8. The normalized spacial score (nSPS) is 12.0. The zero-order valence-corrected chi connectivity index (χ0v) is 21.3. The summed E-state index contributed by atoms with van der Waals surface area (Å²) in [4.78, 5) is 40.1. The summed E-state index contributed by atoms with van der Waals surface area (Å²) in [7, 11) is 0. The van der Waals surface area contributed by atoms with Gasteiger partial charge in [-0.1, -0.05) is 24.3 Å². The fraction of sp³-hybridized carbons (Fsp3) is 0.400. The molecular formula is C25H32N4O7. The van der Waals surface area contributed by atoms with E-state index in [1.54, 1.807) is 77.9 Å². The molecule has 194 valence electrons. The predicted molar refractivity (Wildman–Crippen MR) is 134 cm³/mol. The third kappa shape index (κ3) is 9.61. The van der Waals surface area contributed by atoms with Crippen molar-refractivity contribution in [2.45, 2.75) is 65.9 Å². The molecule has 0 aliphatic heterocycles. The Bertz CT molecular complexity index is 1120. The molecule has 11 nitrogen and oxygen atoms in total. The number of benzene rings is 2. The van der Waals surface area contributed by atoms with Crippen LogP contribution in [-0.4, -0.2) is 39.2 Å². The summed E-state index contributed by atoms with van der Waals surface area (Å²) >= 11 is 0. The first kappa shape index (κ1) is 28.1. The maximum absolute atomic E-state index is 12.8. The average molecular weight is 501 g/mol. The van der Waals surface area contributed by atoms with Gasteiger partial charge in [-0.2, -0.15) is 0 Å². The third-order valence-electron chi connectivity index (χ3n) is 4.28. The smallest absolute Gasteiger partial charge is 0.437 e. The largest absolute Gasteiger partial charge is 0.489 e. The van der Waals surface area contributed by atoms with E-state index in [2.05, 4.69) is 4.99 Å². The summed E-state index contributed by atoms with van der Waals surface area (Å²) in [5.41, 5.74) is 5.70. The number of carbonyl (C=O) groups excluding carboxylic acids is 2. The van der Waals surface area contributed by atoms with Gasteiger partial charge in [0.05, 0.1) is 11.5 Å². The first-order valence-electron chi connectivity index (χ1n) is 11.2. The van der Waals surface area contributed by atoms with E-state index in [9.17, 15) is 19.7 Å². The quantitative estimate of drug-likeness (QED) is 0.248. The second-order valence-electron chi connectivity index (χ2n) is 9.88. The number of ether oxygens (including phenoxy) is 3. The lowest BCUT2D eigenvalue weighted by molar-refractivity contribution is -0.384. The highest BCUT2D eigenvalue weighted by Crippen LogP contribution is 2.19. The number of non-ortho nitro benzene ring substituents is 1. The van der Waals surface area contributed by atoms with Gasteiger partial charge in [-0.3, -0.25) is 10.1 Å². The van der Waals surface area contributed by atoms with Crippen LogP contribution >= 0.6 is 0 Å². The van der Waals surface area contributed by atoms with Crippen LogP contribution < -0.4 is 10.5 Å². The van der Waals surface area contributed by atoms with Gasteiger partial charge in [0.1, 0.15) is 23.6 Å². The van der Waals surface area contributed by atoms with Crippen LogP contribution in [0.25, 0.3) is 0 Å². The molecule has 0 saturated heterocycles. The van der Waals surface area contributed by atoms with Crippen molar-refractivity contribution in [2.75, 3.05) is 0 Å². The van der Waals surface area contributed by atoms with Crippen LogP contribution in [0.4, 0.5) is 15.3 Å². The molecule has 11 heteroatoms. The summed E-state index contributed by atoms with van der Waals surface area (Å²) in [6, 6.07) is 13.0. The van der Waals surface area contributed by atoms with E-state index in [-0.39, 0.29) is 24.8 Å². The summed E-state index contributed by atoms with van der Waals surface area (Å²) in [5.74, 6) is 0.147. The van der Waals surface area contributed by atoms with Crippen molar-refractivity contribution in [3.05, 3.63) is 69.8 Å². The van der Waals surface area contributed by atoms with Crippen LogP contribution in [0.15, 0.2) is 53.5 Å². The molecular weight excluding hydrogens is 468 g/mol.